The lowest BCUT2D eigenvalue weighted by atomic mass is 9.92. The van der Waals surface area contributed by atoms with Gasteiger partial charge in [0.1, 0.15) is 0 Å². The maximum atomic E-state index is 13.8. The van der Waals surface area contributed by atoms with E-state index in [0.717, 1.165) is 17.0 Å². The van der Waals surface area contributed by atoms with Gasteiger partial charge in [-0.05, 0) is 23.3 Å². The van der Waals surface area contributed by atoms with Crippen molar-refractivity contribution in [2.24, 2.45) is 0 Å². The monoisotopic (exact) mass is 503 g/mol. The molecular weight excluding hydrogens is 491 g/mol. The van der Waals surface area contributed by atoms with Crippen LogP contribution in [0.5, 0.6) is 0 Å². The van der Waals surface area contributed by atoms with E-state index in [1.807, 2.05) is 0 Å². The minimum atomic E-state index is -7.88. The molecule has 0 fully saturated rings. The fourth-order valence-electron chi connectivity index (χ4n) is 2.57. The summed E-state index contributed by atoms with van der Waals surface area (Å²) in [5.74, 6) is -36.7. The zero-order valence-corrected chi connectivity index (χ0v) is 15.8. The fraction of sp³-hybridized carbons (Fsp3) is 0.444. The second-order valence-corrected chi connectivity index (χ2v) is 6.81. The zero-order chi connectivity index (χ0) is 25.5. The highest BCUT2D eigenvalue weighted by Crippen LogP contribution is 2.60. The number of aromatic nitrogens is 2. The number of hydrogen-bond acceptors (Lipinski definition) is 1. The van der Waals surface area contributed by atoms with Crippen molar-refractivity contribution in [3.8, 4) is 11.1 Å². The molecule has 0 aromatic carbocycles. The molecule has 0 amide bonds. The van der Waals surface area contributed by atoms with Gasteiger partial charge in [-0.15, -0.1) is 0 Å². The maximum absolute atomic E-state index is 13.8. The quantitative estimate of drug-likeness (QED) is 0.311. The van der Waals surface area contributed by atoms with E-state index in [4.69, 9.17) is 0 Å². The van der Waals surface area contributed by atoms with Crippen molar-refractivity contribution >= 4 is 0 Å². The van der Waals surface area contributed by atoms with Gasteiger partial charge in [-0.2, -0.15) is 57.1 Å². The molecule has 0 aliphatic carbocycles. The van der Waals surface area contributed by atoms with Crippen molar-refractivity contribution in [3.63, 3.8) is 0 Å². The molecule has 2 nitrogen and oxygen atoms in total. The molecule has 0 N–H and O–H groups in total. The smallest absolute Gasteiger partial charge is 0.265 e. The Morgan fingerprint density at radius 3 is 1.45 bits per heavy atom. The van der Waals surface area contributed by atoms with Gasteiger partial charge in [-0.1, -0.05) is 0 Å². The standard InChI is InChI=1S/C18H12F13N2/c19-13(20,5-10-33-8-3-12(4-9-33)11-1-6-32-7-2-11)14(21,22)15(23,24)16(25,26)17(27,28)18(29,30)31/h1-4,6-9H,5,10H2/q+1. The van der Waals surface area contributed by atoms with Crippen LogP contribution in [-0.2, 0) is 6.54 Å². The molecule has 2 aromatic heterocycles. The maximum Gasteiger partial charge on any atom is 0.460 e. The lowest BCUT2D eigenvalue weighted by Gasteiger charge is -2.39. The van der Waals surface area contributed by atoms with Crippen LogP contribution >= 0.6 is 0 Å². The average Bonchev–Trinajstić information content (AvgIpc) is 2.72. The Hall–Kier alpha value is -2.61. The first-order valence-corrected chi connectivity index (χ1v) is 8.65. The van der Waals surface area contributed by atoms with E-state index < -0.39 is 48.8 Å². The van der Waals surface area contributed by atoms with Crippen molar-refractivity contribution in [1.82, 2.24) is 4.98 Å². The molecular formula is C18H12F13N2+. The molecule has 184 valence electrons. The van der Waals surface area contributed by atoms with E-state index in [-0.39, 0.29) is 0 Å². The van der Waals surface area contributed by atoms with Gasteiger partial charge in [0.25, 0.3) is 0 Å². The molecule has 2 aromatic rings. The highest BCUT2D eigenvalue weighted by atomic mass is 19.4. The third kappa shape index (κ3) is 4.45. The summed E-state index contributed by atoms with van der Waals surface area (Å²) in [6, 6.07) is 5.68. The Bertz CT molecular complexity index is 938. The van der Waals surface area contributed by atoms with Gasteiger partial charge in [0, 0.05) is 24.5 Å². The number of nitrogens with zero attached hydrogens (tertiary/aromatic N) is 2. The highest BCUT2D eigenvalue weighted by Gasteiger charge is 2.90. The van der Waals surface area contributed by atoms with Crippen molar-refractivity contribution in [2.75, 3.05) is 0 Å². The first-order valence-electron chi connectivity index (χ1n) is 8.65. The predicted octanol–water partition coefficient (Wildman–Crippen LogP) is 6.17. The molecule has 2 heterocycles. The highest BCUT2D eigenvalue weighted by molar-refractivity contribution is 5.61. The normalized spacial score (nSPS) is 14.5. The molecule has 0 aliphatic rings. The van der Waals surface area contributed by atoms with Gasteiger partial charge >= 0.3 is 35.8 Å². The second-order valence-electron chi connectivity index (χ2n) is 6.81. The Morgan fingerprint density at radius 1 is 0.576 bits per heavy atom. The zero-order valence-electron chi connectivity index (χ0n) is 15.8. The average molecular weight is 503 g/mol. The molecule has 0 aliphatic heterocycles. The Labute approximate surface area is 176 Å². The molecule has 0 saturated heterocycles. The Kier molecular flexibility index (Phi) is 6.71. The summed E-state index contributed by atoms with van der Waals surface area (Å²) >= 11 is 0. The van der Waals surface area contributed by atoms with Crippen LogP contribution in [-0.4, -0.2) is 40.8 Å². The van der Waals surface area contributed by atoms with E-state index >= 15 is 0 Å². The van der Waals surface area contributed by atoms with Crippen LogP contribution < -0.4 is 4.57 Å². The first kappa shape index (κ1) is 26.6. The van der Waals surface area contributed by atoms with Crippen LogP contribution in [0.2, 0.25) is 0 Å². The molecule has 2 rings (SSSR count). The minimum absolute atomic E-state index is 0.492. The van der Waals surface area contributed by atoms with Crippen LogP contribution in [0.15, 0.2) is 49.1 Å². The summed E-state index contributed by atoms with van der Waals surface area (Å²) < 4.78 is 171. The van der Waals surface area contributed by atoms with Gasteiger partial charge in [0.2, 0.25) is 0 Å². The predicted molar refractivity (Wildman–Crippen MR) is 85.3 cm³/mol. The number of aryl methyl sites for hydroxylation is 1. The van der Waals surface area contributed by atoms with Crippen molar-refractivity contribution in [2.45, 2.75) is 48.8 Å². The van der Waals surface area contributed by atoms with E-state index in [0.29, 0.717) is 11.1 Å². The van der Waals surface area contributed by atoms with Crippen molar-refractivity contribution in [1.29, 1.82) is 0 Å². The van der Waals surface area contributed by atoms with E-state index in [1.165, 1.54) is 24.5 Å². The van der Waals surface area contributed by atoms with Crippen molar-refractivity contribution in [3.05, 3.63) is 49.1 Å². The molecule has 0 bridgehead atoms. The third-order valence-electron chi connectivity index (χ3n) is 4.59. The number of hydrogen-bond donors (Lipinski definition) is 0. The summed E-state index contributed by atoms with van der Waals surface area (Å²) in [6.07, 6.45) is -4.81. The number of rotatable bonds is 8. The molecule has 33 heavy (non-hydrogen) atoms. The topological polar surface area (TPSA) is 16.8 Å². The summed E-state index contributed by atoms with van der Waals surface area (Å²) in [7, 11) is 0. The Morgan fingerprint density at radius 2 is 1.00 bits per heavy atom. The molecule has 0 unspecified atom stereocenters. The van der Waals surface area contributed by atoms with Gasteiger partial charge in [-0.3, -0.25) is 4.98 Å². The van der Waals surface area contributed by atoms with Crippen LogP contribution in [0.25, 0.3) is 11.1 Å². The van der Waals surface area contributed by atoms with E-state index in [9.17, 15) is 57.1 Å². The van der Waals surface area contributed by atoms with E-state index in [2.05, 4.69) is 4.98 Å². The molecule has 0 saturated carbocycles. The molecule has 0 atom stereocenters. The number of pyridine rings is 2. The van der Waals surface area contributed by atoms with Gasteiger partial charge in [-0.25, -0.2) is 4.57 Å². The van der Waals surface area contributed by atoms with Gasteiger partial charge < -0.3 is 0 Å². The second kappa shape index (κ2) is 8.31. The largest absolute Gasteiger partial charge is 0.460 e. The minimum Gasteiger partial charge on any atom is -0.265 e. The van der Waals surface area contributed by atoms with Gasteiger partial charge in [0.15, 0.2) is 18.9 Å². The lowest BCUT2D eigenvalue weighted by molar-refractivity contribution is -0.700. The SMILES string of the molecule is FC(F)(F)C(F)(F)C(F)(F)C(F)(F)C(F)(F)C(F)(F)CC[n+]1ccc(-c2ccncc2)cc1. The summed E-state index contributed by atoms with van der Waals surface area (Å²) in [5.41, 5.74) is 1.09. The first-order chi connectivity index (χ1) is 14.8. The molecule has 0 radical (unpaired) electrons. The number of halogens is 13. The summed E-state index contributed by atoms with van der Waals surface area (Å²) in [5, 5.41) is 0. The van der Waals surface area contributed by atoms with Crippen LogP contribution in [0.4, 0.5) is 57.1 Å². The summed E-state index contributed by atoms with van der Waals surface area (Å²) in [6.45, 7) is -1.20. The Balaban J connectivity index is 2.25. The van der Waals surface area contributed by atoms with Crippen molar-refractivity contribution < 1.29 is 61.6 Å². The van der Waals surface area contributed by atoms with Crippen LogP contribution in [0.1, 0.15) is 6.42 Å². The molecule has 15 heteroatoms. The fourth-order valence-corrected chi connectivity index (χ4v) is 2.57. The lowest BCUT2D eigenvalue weighted by Crippen LogP contribution is -2.70. The van der Waals surface area contributed by atoms with Crippen LogP contribution in [0, 0.1) is 0 Å². The number of alkyl halides is 13. The molecule has 0 spiro atoms. The summed E-state index contributed by atoms with van der Waals surface area (Å²) in [4.78, 5) is 3.75. The van der Waals surface area contributed by atoms with E-state index in [1.54, 1.807) is 12.1 Å². The van der Waals surface area contributed by atoms with Gasteiger partial charge in [0.05, 0.1) is 6.42 Å². The third-order valence-corrected chi connectivity index (χ3v) is 4.59. The van der Waals surface area contributed by atoms with Crippen LogP contribution in [0.3, 0.4) is 0 Å².